The van der Waals surface area contributed by atoms with E-state index in [2.05, 4.69) is 81.8 Å². The summed E-state index contributed by atoms with van der Waals surface area (Å²) in [5, 5.41) is 0. The molecule has 3 rings (SSSR count). The molecule has 0 aliphatic carbocycles. The van der Waals surface area contributed by atoms with Gasteiger partial charge in [0.25, 0.3) is 0 Å². The van der Waals surface area contributed by atoms with Crippen molar-refractivity contribution in [1.82, 2.24) is 9.97 Å². The van der Waals surface area contributed by atoms with Crippen molar-refractivity contribution in [2.75, 3.05) is 0 Å². The van der Waals surface area contributed by atoms with Gasteiger partial charge in [0, 0.05) is 24.3 Å². The topological polar surface area (TPSA) is 25.8 Å². The number of hydrogen-bond donors (Lipinski definition) is 0. The first-order valence-electron chi connectivity index (χ1n) is 9.77. The van der Waals surface area contributed by atoms with E-state index in [1.54, 1.807) is 6.20 Å². The molecule has 144 valence electrons. The van der Waals surface area contributed by atoms with E-state index in [1.807, 2.05) is 42.7 Å². The van der Waals surface area contributed by atoms with Gasteiger partial charge in [-0.1, -0.05) is 84.0 Å². The summed E-state index contributed by atoms with van der Waals surface area (Å²) in [6.07, 6.45) is 5.53. The maximum Gasteiger partial charge on any atom is 0.0428 e. The Bertz CT molecular complexity index is 602. The molecule has 0 atom stereocenters. The molecule has 0 aliphatic heterocycles. The van der Waals surface area contributed by atoms with Crippen LogP contribution < -0.4 is 0 Å². The Hall–Kier alpha value is -2.48. The molecular formula is C25H34N2. The Morgan fingerprint density at radius 2 is 1.15 bits per heavy atom. The zero-order chi connectivity index (χ0) is 20.1. The van der Waals surface area contributed by atoms with Crippen molar-refractivity contribution < 1.29 is 0 Å². The maximum absolute atomic E-state index is 4.18. The van der Waals surface area contributed by atoms with Crippen molar-refractivity contribution in [3.8, 4) is 0 Å². The highest BCUT2D eigenvalue weighted by atomic mass is 14.7. The average Bonchev–Trinajstić information content (AvgIpc) is 2.71. The first kappa shape index (κ1) is 22.6. The average molecular weight is 363 g/mol. The zero-order valence-corrected chi connectivity index (χ0v) is 17.6. The van der Waals surface area contributed by atoms with Crippen LogP contribution in [0.25, 0.3) is 0 Å². The molecule has 0 saturated carbocycles. The fraction of sp³-hybridized carbons (Fsp3) is 0.360. The van der Waals surface area contributed by atoms with Crippen molar-refractivity contribution in [3.63, 3.8) is 0 Å². The second kappa shape index (κ2) is 12.8. The Morgan fingerprint density at radius 3 is 1.48 bits per heavy atom. The molecule has 0 N–H and O–H groups in total. The van der Waals surface area contributed by atoms with E-state index in [-0.39, 0.29) is 0 Å². The summed E-state index contributed by atoms with van der Waals surface area (Å²) in [5.41, 5.74) is 3.88. The molecule has 0 amide bonds. The number of rotatable bonds is 3. The van der Waals surface area contributed by atoms with Crippen molar-refractivity contribution in [1.29, 1.82) is 0 Å². The van der Waals surface area contributed by atoms with Crippen molar-refractivity contribution in [2.24, 2.45) is 0 Å². The second-order valence-corrected chi connectivity index (χ2v) is 7.42. The lowest BCUT2D eigenvalue weighted by molar-refractivity contribution is 0.823. The normalized spacial score (nSPS) is 10.1. The highest BCUT2D eigenvalue weighted by molar-refractivity contribution is 5.17. The molecule has 2 aromatic heterocycles. The van der Waals surface area contributed by atoms with E-state index >= 15 is 0 Å². The van der Waals surface area contributed by atoms with E-state index in [9.17, 15) is 0 Å². The van der Waals surface area contributed by atoms with Gasteiger partial charge in [0.05, 0.1) is 0 Å². The minimum atomic E-state index is 0.547. The highest BCUT2D eigenvalue weighted by Gasteiger charge is 1.96. The van der Waals surface area contributed by atoms with E-state index in [0.29, 0.717) is 17.8 Å². The van der Waals surface area contributed by atoms with Gasteiger partial charge in [0.15, 0.2) is 0 Å². The van der Waals surface area contributed by atoms with Gasteiger partial charge in [-0.15, -0.1) is 0 Å². The third-order valence-electron chi connectivity index (χ3n) is 4.10. The summed E-state index contributed by atoms with van der Waals surface area (Å²) in [6.45, 7) is 13.0. The molecule has 2 heterocycles. The lowest BCUT2D eigenvalue weighted by atomic mass is 10.0. The van der Waals surface area contributed by atoms with Crippen LogP contribution in [0, 0.1) is 0 Å². The number of pyridine rings is 2. The van der Waals surface area contributed by atoms with Gasteiger partial charge in [-0.2, -0.15) is 0 Å². The quantitative estimate of drug-likeness (QED) is 0.491. The van der Waals surface area contributed by atoms with Crippen LogP contribution >= 0.6 is 0 Å². The molecule has 0 radical (unpaired) electrons. The van der Waals surface area contributed by atoms with Crippen molar-refractivity contribution in [2.45, 2.75) is 59.3 Å². The van der Waals surface area contributed by atoms with E-state index in [4.69, 9.17) is 0 Å². The molecule has 0 bridgehead atoms. The monoisotopic (exact) mass is 362 g/mol. The van der Waals surface area contributed by atoms with Crippen LogP contribution in [0.4, 0.5) is 0 Å². The standard InChI is InChI=1S/C9H12.2C8H11N/c1-8(2)9-6-4-3-5-7-9;1-7(2)8-4-3-5-9-6-8;1-7(2)8-5-3-4-6-9-8/h3-8H,1-2H3;2*3-7H,1-2H3. The van der Waals surface area contributed by atoms with E-state index in [0.717, 1.165) is 5.69 Å². The highest BCUT2D eigenvalue weighted by Crippen LogP contribution is 2.12. The van der Waals surface area contributed by atoms with E-state index < -0.39 is 0 Å². The third-order valence-corrected chi connectivity index (χ3v) is 4.10. The van der Waals surface area contributed by atoms with Crippen LogP contribution in [0.5, 0.6) is 0 Å². The predicted octanol–water partition coefficient (Wildman–Crippen LogP) is 7.22. The molecule has 0 unspecified atom stereocenters. The summed E-state index contributed by atoms with van der Waals surface area (Å²) in [6, 6.07) is 20.6. The Balaban J connectivity index is 0.000000202. The first-order valence-corrected chi connectivity index (χ1v) is 9.77. The van der Waals surface area contributed by atoms with Crippen LogP contribution in [0.2, 0.25) is 0 Å². The molecule has 1 aromatic carbocycles. The second-order valence-electron chi connectivity index (χ2n) is 7.42. The Kier molecular flexibility index (Phi) is 10.7. The number of aromatic nitrogens is 2. The summed E-state index contributed by atoms with van der Waals surface area (Å²) in [7, 11) is 0. The SMILES string of the molecule is CC(C)c1ccccc1.CC(C)c1ccccn1.CC(C)c1cccnc1. The van der Waals surface area contributed by atoms with Gasteiger partial charge in [-0.25, -0.2) is 0 Å². The molecule has 0 saturated heterocycles. The molecule has 3 aromatic rings. The van der Waals surface area contributed by atoms with Gasteiger partial charge in [-0.3, -0.25) is 9.97 Å². The molecule has 2 nitrogen and oxygen atoms in total. The van der Waals surface area contributed by atoms with Gasteiger partial charge >= 0.3 is 0 Å². The Morgan fingerprint density at radius 1 is 0.556 bits per heavy atom. The van der Waals surface area contributed by atoms with Gasteiger partial charge in [0.2, 0.25) is 0 Å². The first-order chi connectivity index (χ1) is 12.9. The van der Waals surface area contributed by atoms with Gasteiger partial charge in [-0.05, 0) is 47.1 Å². The summed E-state index contributed by atoms with van der Waals surface area (Å²) < 4.78 is 0. The lowest BCUT2D eigenvalue weighted by Gasteiger charge is -2.01. The van der Waals surface area contributed by atoms with Gasteiger partial charge in [0.1, 0.15) is 0 Å². The zero-order valence-electron chi connectivity index (χ0n) is 17.6. The number of nitrogens with zero attached hydrogens (tertiary/aromatic N) is 2. The minimum Gasteiger partial charge on any atom is -0.264 e. The van der Waals surface area contributed by atoms with Crippen LogP contribution in [0.15, 0.2) is 79.3 Å². The minimum absolute atomic E-state index is 0.547. The van der Waals surface area contributed by atoms with Crippen LogP contribution in [-0.4, -0.2) is 9.97 Å². The van der Waals surface area contributed by atoms with Crippen LogP contribution in [-0.2, 0) is 0 Å². The smallest absolute Gasteiger partial charge is 0.0428 e. The predicted molar refractivity (Wildman–Crippen MR) is 117 cm³/mol. The van der Waals surface area contributed by atoms with Crippen molar-refractivity contribution >= 4 is 0 Å². The molecule has 0 spiro atoms. The molecule has 0 aliphatic rings. The molecule has 0 fully saturated rings. The molecule has 2 heteroatoms. The maximum atomic E-state index is 4.18. The van der Waals surface area contributed by atoms with E-state index in [1.165, 1.54) is 11.1 Å². The van der Waals surface area contributed by atoms with Gasteiger partial charge < -0.3 is 0 Å². The summed E-state index contributed by atoms with van der Waals surface area (Å²) >= 11 is 0. The van der Waals surface area contributed by atoms with Crippen LogP contribution in [0.1, 0.15) is 76.1 Å². The summed E-state index contributed by atoms with van der Waals surface area (Å²) in [4.78, 5) is 8.18. The Labute approximate surface area is 165 Å². The molecule has 27 heavy (non-hydrogen) atoms. The lowest BCUT2D eigenvalue weighted by Crippen LogP contribution is -1.88. The third kappa shape index (κ3) is 9.69. The van der Waals surface area contributed by atoms with Crippen LogP contribution in [0.3, 0.4) is 0 Å². The number of hydrogen-bond acceptors (Lipinski definition) is 2. The van der Waals surface area contributed by atoms with Crippen molar-refractivity contribution in [3.05, 3.63) is 96.1 Å². The molecular weight excluding hydrogens is 328 g/mol. The fourth-order valence-corrected chi connectivity index (χ4v) is 2.27. The number of benzene rings is 1. The fourth-order valence-electron chi connectivity index (χ4n) is 2.27. The largest absolute Gasteiger partial charge is 0.264 e. The summed E-state index contributed by atoms with van der Waals surface area (Å²) in [5.74, 6) is 1.80.